The largest absolute Gasteiger partial charge is 0.462 e. The molecule has 0 aliphatic heterocycles. The van der Waals surface area contributed by atoms with Crippen molar-refractivity contribution in [1.82, 2.24) is 10.3 Å². The van der Waals surface area contributed by atoms with Crippen molar-refractivity contribution in [2.75, 3.05) is 31.6 Å². The number of aromatic nitrogens is 1. The lowest BCUT2D eigenvalue weighted by Gasteiger charge is -2.15. The summed E-state index contributed by atoms with van der Waals surface area (Å²) in [5.74, 6) is 4.53. The van der Waals surface area contributed by atoms with Crippen LogP contribution in [0.4, 0.5) is 5.13 Å². The molecule has 0 unspecified atom stereocenters. The summed E-state index contributed by atoms with van der Waals surface area (Å²) in [5.41, 5.74) is 0.680. The van der Waals surface area contributed by atoms with E-state index in [2.05, 4.69) is 22.1 Å². The summed E-state index contributed by atoms with van der Waals surface area (Å²) in [4.78, 5) is 29.9. The second-order valence-corrected chi connectivity index (χ2v) is 6.61. The predicted molar refractivity (Wildman–Crippen MR) is 103 cm³/mol. The zero-order valence-corrected chi connectivity index (χ0v) is 16.0. The SMILES string of the molecule is CCOC(=O)c1cnc(N(C)CCNC(=O)C#Cc2cccc(Cl)c2)s1. The second-order valence-electron chi connectivity index (χ2n) is 5.17. The van der Waals surface area contributed by atoms with Crippen LogP contribution in [0.5, 0.6) is 0 Å². The monoisotopic (exact) mass is 391 g/mol. The molecule has 6 nitrogen and oxygen atoms in total. The standard InChI is InChI=1S/C18H18ClN3O3S/c1-3-25-17(24)15-12-21-18(26-15)22(2)10-9-20-16(23)8-7-13-5-4-6-14(19)11-13/h4-6,11-12H,3,9-10H2,1-2H3,(H,20,23). The molecule has 1 aromatic heterocycles. The number of nitrogens with zero attached hydrogens (tertiary/aromatic N) is 2. The first-order valence-corrected chi connectivity index (χ1v) is 9.08. The molecule has 1 heterocycles. The molecule has 1 amide bonds. The molecule has 2 aromatic rings. The molecule has 0 saturated carbocycles. The van der Waals surface area contributed by atoms with Gasteiger partial charge in [-0.25, -0.2) is 9.78 Å². The van der Waals surface area contributed by atoms with Gasteiger partial charge in [0.25, 0.3) is 5.91 Å². The van der Waals surface area contributed by atoms with Gasteiger partial charge in [-0.3, -0.25) is 4.79 Å². The Kier molecular flexibility index (Phi) is 7.45. The summed E-state index contributed by atoms with van der Waals surface area (Å²) in [5, 5.41) is 3.96. The van der Waals surface area contributed by atoms with E-state index in [1.807, 2.05) is 11.9 Å². The summed E-state index contributed by atoms with van der Waals surface area (Å²) in [6, 6.07) is 7.00. The average Bonchev–Trinajstić information content (AvgIpc) is 3.10. The topological polar surface area (TPSA) is 71.5 Å². The lowest BCUT2D eigenvalue weighted by Crippen LogP contribution is -2.32. The van der Waals surface area contributed by atoms with E-state index < -0.39 is 0 Å². The number of amides is 1. The van der Waals surface area contributed by atoms with E-state index in [4.69, 9.17) is 16.3 Å². The first-order chi connectivity index (χ1) is 12.5. The number of hydrogen-bond acceptors (Lipinski definition) is 6. The summed E-state index contributed by atoms with van der Waals surface area (Å²) in [6.07, 6.45) is 1.49. The number of nitrogens with one attached hydrogen (secondary N) is 1. The molecule has 0 aliphatic carbocycles. The number of hydrogen-bond donors (Lipinski definition) is 1. The van der Waals surface area contributed by atoms with Gasteiger partial charge in [0, 0.05) is 36.6 Å². The number of carbonyl (C=O) groups is 2. The summed E-state index contributed by atoms with van der Waals surface area (Å²) < 4.78 is 4.94. The number of ether oxygens (including phenoxy) is 1. The van der Waals surface area contributed by atoms with Crippen LogP contribution in [0.25, 0.3) is 0 Å². The minimum Gasteiger partial charge on any atom is -0.462 e. The highest BCUT2D eigenvalue weighted by atomic mass is 35.5. The van der Waals surface area contributed by atoms with Gasteiger partial charge in [-0.1, -0.05) is 34.9 Å². The third-order valence-electron chi connectivity index (χ3n) is 3.17. The number of halogens is 1. The van der Waals surface area contributed by atoms with Crippen molar-refractivity contribution >= 4 is 39.9 Å². The van der Waals surface area contributed by atoms with E-state index in [0.29, 0.717) is 40.3 Å². The fourth-order valence-corrected chi connectivity index (χ4v) is 2.90. The molecule has 1 N–H and O–H groups in total. The van der Waals surface area contributed by atoms with Gasteiger partial charge in [0.2, 0.25) is 0 Å². The van der Waals surface area contributed by atoms with E-state index in [0.717, 1.165) is 0 Å². The zero-order chi connectivity index (χ0) is 18.9. The van der Waals surface area contributed by atoms with Gasteiger partial charge in [-0.15, -0.1) is 0 Å². The second kappa shape index (κ2) is 9.80. The number of likely N-dealkylation sites (N-methyl/N-ethyl adjacent to an activating group) is 1. The molecule has 2 rings (SSSR count). The van der Waals surface area contributed by atoms with Crippen molar-refractivity contribution in [2.24, 2.45) is 0 Å². The highest BCUT2D eigenvalue weighted by molar-refractivity contribution is 7.17. The van der Waals surface area contributed by atoms with Gasteiger partial charge in [-0.2, -0.15) is 0 Å². The van der Waals surface area contributed by atoms with Gasteiger partial charge in [0.1, 0.15) is 4.88 Å². The Morgan fingerprint density at radius 1 is 1.42 bits per heavy atom. The molecule has 136 valence electrons. The van der Waals surface area contributed by atoms with E-state index in [9.17, 15) is 9.59 Å². The molecule has 26 heavy (non-hydrogen) atoms. The number of thiazole rings is 1. The van der Waals surface area contributed by atoms with E-state index in [1.54, 1.807) is 31.2 Å². The van der Waals surface area contributed by atoms with Crippen LogP contribution >= 0.6 is 22.9 Å². The molecular weight excluding hydrogens is 374 g/mol. The van der Waals surface area contributed by atoms with Crippen LogP contribution in [0.2, 0.25) is 5.02 Å². The van der Waals surface area contributed by atoms with E-state index >= 15 is 0 Å². The number of anilines is 1. The normalized spacial score (nSPS) is 9.81. The van der Waals surface area contributed by atoms with Crippen LogP contribution in [0.3, 0.4) is 0 Å². The Balaban J connectivity index is 1.80. The first-order valence-electron chi connectivity index (χ1n) is 7.89. The van der Waals surface area contributed by atoms with Crippen LogP contribution in [0, 0.1) is 11.8 Å². The molecule has 1 aromatic carbocycles. The first kappa shape index (κ1) is 19.8. The predicted octanol–water partition coefficient (Wildman–Crippen LogP) is 2.58. The molecule has 0 fully saturated rings. The molecule has 0 aliphatic rings. The third kappa shape index (κ3) is 6.06. The lowest BCUT2D eigenvalue weighted by atomic mass is 10.2. The molecule has 0 radical (unpaired) electrons. The summed E-state index contributed by atoms with van der Waals surface area (Å²) in [6.45, 7) is 3.00. The summed E-state index contributed by atoms with van der Waals surface area (Å²) >= 11 is 7.11. The number of benzene rings is 1. The molecule has 8 heteroatoms. The Morgan fingerprint density at radius 2 is 2.23 bits per heavy atom. The quantitative estimate of drug-likeness (QED) is 0.605. The van der Waals surface area contributed by atoms with E-state index in [1.165, 1.54) is 17.5 Å². The lowest BCUT2D eigenvalue weighted by molar-refractivity contribution is -0.115. The highest BCUT2D eigenvalue weighted by Crippen LogP contribution is 2.21. The van der Waals surface area contributed by atoms with Crippen LogP contribution < -0.4 is 10.2 Å². The smallest absolute Gasteiger partial charge is 0.350 e. The molecule has 0 bridgehead atoms. The zero-order valence-electron chi connectivity index (χ0n) is 14.4. The van der Waals surface area contributed by atoms with Crippen LogP contribution in [0.15, 0.2) is 30.5 Å². The fraction of sp³-hybridized carbons (Fsp3) is 0.278. The van der Waals surface area contributed by atoms with Gasteiger partial charge in [0.05, 0.1) is 12.8 Å². The minimum atomic E-state index is -0.380. The number of rotatable bonds is 6. The average molecular weight is 392 g/mol. The van der Waals surface area contributed by atoms with Crippen molar-refractivity contribution in [3.05, 3.63) is 45.9 Å². The van der Waals surface area contributed by atoms with Crippen molar-refractivity contribution in [2.45, 2.75) is 6.92 Å². The third-order valence-corrected chi connectivity index (χ3v) is 4.50. The van der Waals surface area contributed by atoms with Crippen molar-refractivity contribution in [1.29, 1.82) is 0 Å². The minimum absolute atomic E-state index is 0.324. The molecule has 0 saturated heterocycles. The molecule has 0 spiro atoms. The Labute approximate surface area is 161 Å². The van der Waals surface area contributed by atoms with Gasteiger partial charge in [-0.05, 0) is 25.1 Å². The van der Waals surface area contributed by atoms with Gasteiger partial charge >= 0.3 is 5.97 Å². The highest BCUT2D eigenvalue weighted by Gasteiger charge is 2.13. The number of carbonyl (C=O) groups excluding carboxylic acids is 2. The fourth-order valence-electron chi connectivity index (χ4n) is 1.91. The maximum absolute atomic E-state index is 11.8. The van der Waals surface area contributed by atoms with Crippen LogP contribution in [0.1, 0.15) is 22.2 Å². The Morgan fingerprint density at radius 3 is 2.96 bits per heavy atom. The molecule has 0 atom stereocenters. The van der Waals surface area contributed by atoms with Crippen LogP contribution in [-0.4, -0.2) is 43.6 Å². The Hall–Kier alpha value is -2.56. The summed E-state index contributed by atoms with van der Waals surface area (Å²) in [7, 11) is 1.83. The van der Waals surface area contributed by atoms with Crippen LogP contribution in [-0.2, 0) is 9.53 Å². The van der Waals surface area contributed by atoms with Gasteiger partial charge < -0.3 is 15.0 Å². The van der Waals surface area contributed by atoms with Gasteiger partial charge in [0.15, 0.2) is 5.13 Å². The Bertz CT molecular complexity index is 841. The number of esters is 1. The van der Waals surface area contributed by atoms with Crippen molar-refractivity contribution in [3.63, 3.8) is 0 Å². The van der Waals surface area contributed by atoms with Crippen molar-refractivity contribution in [3.8, 4) is 11.8 Å². The van der Waals surface area contributed by atoms with Crippen molar-refractivity contribution < 1.29 is 14.3 Å². The maximum atomic E-state index is 11.8. The molecular formula is C18H18ClN3O3S. The maximum Gasteiger partial charge on any atom is 0.350 e. The van der Waals surface area contributed by atoms with E-state index in [-0.39, 0.29) is 11.9 Å².